The number of nitrogens with one attached hydrogen (secondary N) is 2. The predicted octanol–water partition coefficient (Wildman–Crippen LogP) is 1.89. The van der Waals surface area contributed by atoms with Crippen molar-refractivity contribution in [1.29, 1.82) is 0 Å². The summed E-state index contributed by atoms with van der Waals surface area (Å²) in [5.41, 5.74) is 4.16. The van der Waals surface area contributed by atoms with Crippen LogP contribution in [-0.4, -0.2) is 41.1 Å². The zero-order valence-corrected chi connectivity index (χ0v) is 17.2. The number of carbonyl (C=O) groups excluding carboxylic acids is 1. The van der Waals surface area contributed by atoms with Crippen molar-refractivity contribution >= 4 is 21.6 Å². The van der Waals surface area contributed by atoms with Gasteiger partial charge >= 0.3 is 0 Å². The predicted molar refractivity (Wildman–Crippen MR) is 108 cm³/mol. The number of benzene rings is 2. The van der Waals surface area contributed by atoms with E-state index in [9.17, 15) is 13.2 Å². The summed E-state index contributed by atoms with van der Waals surface area (Å²) in [6, 6.07) is 10.3. The van der Waals surface area contributed by atoms with Crippen molar-refractivity contribution in [1.82, 2.24) is 24.9 Å². The molecule has 1 heterocycles. The number of sulfonamides is 1. The van der Waals surface area contributed by atoms with E-state index in [4.69, 9.17) is 0 Å². The van der Waals surface area contributed by atoms with Gasteiger partial charge in [-0.25, -0.2) is 17.8 Å². The molecule has 0 radical (unpaired) electrons. The molecule has 0 unspecified atom stereocenters. The number of aromatic nitrogens is 4. The number of carbonyl (C=O) groups is 1. The van der Waals surface area contributed by atoms with Gasteiger partial charge in [-0.2, -0.15) is 0 Å². The summed E-state index contributed by atoms with van der Waals surface area (Å²) in [5.74, 6) is -0.306. The molecule has 10 heteroatoms. The Kier molecular flexibility index (Phi) is 6.04. The summed E-state index contributed by atoms with van der Waals surface area (Å²) in [5, 5.41) is 13.8. The van der Waals surface area contributed by atoms with Crippen molar-refractivity contribution in [3.8, 4) is 5.69 Å². The molecule has 2 aromatic carbocycles. The molecule has 0 aliphatic rings. The van der Waals surface area contributed by atoms with E-state index < -0.39 is 10.0 Å². The molecule has 0 spiro atoms. The number of rotatable bonds is 7. The Balaban J connectivity index is 1.59. The first-order valence-electron chi connectivity index (χ1n) is 8.97. The van der Waals surface area contributed by atoms with E-state index in [1.165, 1.54) is 11.0 Å². The molecule has 0 aliphatic carbocycles. The van der Waals surface area contributed by atoms with Gasteiger partial charge in [0.25, 0.3) is 0 Å². The van der Waals surface area contributed by atoms with Crippen molar-refractivity contribution in [3.63, 3.8) is 0 Å². The number of hydrogen-bond donors (Lipinski definition) is 2. The van der Waals surface area contributed by atoms with Gasteiger partial charge in [0, 0.05) is 18.7 Å². The van der Waals surface area contributed by atoms with Crippen LogP contribution in [0.3, 0.4) is 0 Å². The number of nitrogens with zero attached hydrogens (tertiary/aromatic N) is 4. The number of hydrogen-bond acceptors (Lipinski definition) is 6. The molecule has 1 amide bonds. The van der Waals surface area contributed by atoms with Gasteiger partial charge in [0.1, 0.15) is 6.33 Å². The molecular weight excluding hydrogens is 392 g/mol. The maximum Gasteiger partial charge on any atom is 0.240 e. The maximum absolute atomic E-state index is 12.4. The zero-order valence-electron chi connectivity index (χ0n) is 16.4. The molecule has 0 saturated heterocycles. The Bertz CT molecular complexity index is 1130. The van der Waals surface area contributed by atoms with Crippen LogP contribution in [0.4, 0.5) is 5.69 Å². The average Bonchev–Trinajstić information content (AvgIpc) is 3.20. The Morgan fingerprint density at radius 2 is 1.79 bits per heavy atom. The fourth-order valence-corrected chi connectivity index (χ4v) is 3.81. The molecule has 0 fully saturated rings. The highest BCUT2D eigenvalue weighted by Gasteiger charge is 2.15. The minimum absolute atomic E-state index is 0.00182. The lowest BCUT2D eigenvalue weighted by atomic mass is 10.1. The quantitative estimate of drug-likeness (QED) is 0.609. The van der Waals surface area contributed by atoms with Gasteiger partial charge in [-0.15, -0.1) is 5.10 Å². The molecule has 29 heavy (non-hydrogen) atoms. The molecule has 0 saturated carbocycles. The van der Waals surface area contributed by atoms with E-state index >= 15 is 0 Å². The average molecular weight is 414 g/mol. The Morgan fingerprint density at radius 3 is 2.48 bits per heavy atom. The van der Waals surface area contributed by atoms with Crippen LogP contribution in [-0.2, 0) is 14.8 Å². The van der Waals surface area contributed by atoms with E-state index in [-0.39, 0.29) is 23.8 Å². The molecule has 9 nitrogen and oxygen atoms in total. The Labute approximate surface area is 169 Å². The highest BCUT2D eigenvalue weighted by Crippen LogP contribution is 2.18. The fraction of sp³-hybridized carbons (Fsp3) is 0.263. The first kappa shape index (κ1) is 20.6. The molecule has 152 valence electrons. The molecule has 0 aliphatic heterocycles. The fourth-order valence-electron chi connectivity index (χ4n) is 2.69. The summed E-state index contributed by atoms with van der Waals surface area (Å²) < 4.78 is 28.7. The van der Waals surface area contributed by atoms with Crippen molar-refractivity contribution in [2.24, 2.45) is 0 Å². The van der Waals surface area contributed by atoms with E-state index in [0.717, 1.165) is 22.4 Å². The monoisotopic (exact) mass is 414 g/mol. The topological polar surface area (TPSA) is 119 Å². The first-order chi connectivity index (χ1) is 13.8. The molecule has 2 N–H and O–H groups in total. The largest absolute Gasteiger partial charge is 0.326 e. The second kappa shape index (κ2) is 8.50. The summed E-state index contributed by atoms with van der Waals surface area (Å²) in [6.07, 6.45) is 1.47. The third-order valence-corrected chi connectivity index (χ3v) is 5.98. The lowest BCUT2D eigenvalue weighted by Gasteiger charge is -2.11. The van der Waals surface area contributed by atoms with Crippen LogP contribution in [0.2, 0.25) is 0 Å². The van der Waals surface area contributed by atoms with Crippen LogP contribution >= 0.6 is 0 Å². The number of tetrazole rings is 1. The van der Waals surface area contributed by atoms with Crippen LogP contribution in [0, 0.1) is 20.8 Å². The summed E-state index contributed by atoms with van der Waals surface area (Å²) in [4.78, 5) is 12.4. The molecule has 3 rings (SSSR count). The van der Waals surface area contributed by atoms with Gasteiger partial charge in [0.15, 0.2) is 0 Å². The molecule has 0 atom stereocenters. The summed E-state index contributed by atoms with van der Waals surface area (Å²) in [7, 11) is -3.67. The third-order valence-electron chi connectivity index (χ3n) is 4.52. The minimum Gasteiger partial charge on any atom is -0.326 e. The van der Waals surface area contributed by atoms with Gasteiger partial charge in [0.05, 0.1) is 10.6 Å². The lowest BCUT2D eigenvalue weighted by molar-refractivity contribution is -0.116. The highest BCUT2D eigenvalue weighted by atomic mass is 32.2. The van der Waals surface area contributed by atoms with Gasteiger partial charge in [-0.3, -0.25) is 4.79 Å². The van der Waals surface area contributed by atoms with Crippen molar-refractivity contribution in [2.45, 2.75) is 32.1 Å². The number of aryl methyl sites for hydroxylation is 3. The highest BCUT2D eigenvalue weighted by molar-refractivity contribution is 7.89. The number of amides is 1. The van der Waals surface area contributed by atoms with Crippen molar-refractivity contribution < 1.29 is 13.2 Å². The summed E-state index contributed by atoms with van der Waals surface area (Å²) >= 11 is 0. The van der Waals surface area contributed by atoms with Gasteiger partial charge < -0.3 is 5.32 Å². The van der Waals surface area contributed by atoms with E-state index in [2.05, 4.69) is 25.6 Å². The van der Waals surface area contributed by atoms with Crippen LogP contribution in [0.25, 0.3) is 5.69 Å². The Morgan fingerprint density at radius 1 is 1.03 bits per heavy atom. The third kappa shape index (κ3) is 5.04. The molecule has 1 aromatic heterocycles. The normalized spacial score (nSPS) is 11.4. The molecule has 0 bridgehead atoms. The van der Waals surface area contributed by atoms with E-state index in [1.54, 1.807) is 30.3 Å². The second-order valence-corrected chi connectivity index (χ2v) is 8.46. The van der Waals surface area contributed by atoms with Crippen LogP contribution < -0.4 is 10.0 Å². The smallest absolute Gasteiger partial charge is 0.240 e. The van der Waals surface area contributed by atoms with Crippen molar-refractivity contribution in [3.05, 3.63) is 59.4 Å². The van der Waals surface area contributed by atoms with E-state index in [1.807, 2.05) is 26.8 Å². The van der Waals surface area contributed by atoms with Crippen LogP contribution in [0.5, 0.6) is 0 Å². The summed E-state index contributed by atoms with van der Waals surface area (Å²) in [6.45, 7) is 5.67. The molecule has 3 aromatic rings. The Hall–Kier alpha value is -3.11. The standard InChI is InChI=1S/C19H22N6O3S/c1-13-5-7-17(10-15(13)3)29(27,28)21-9-8-19(26)22-16-6-4-14(2)18(11-16)25-12-20-23-24-25/h4-7,10-12,21H,8-9H2,1-3H3,(H,22,26). The zero-order chi connectivity index (χ0) is 21.0. The van der Waals surface area contributed by atoms with Crippen LogP contribution in [0.15, 0.2) is 47.6 Å². The molecular formula is C19H22N6O3S. The van der Waals surface area contributed by atoms with E-state index in [0.29, 0.717) is 5.69 Å². The van der Waals surface area contributed by atoms with Gasteiger partial charge in [-0.1, -0.05) is 12.1 Å². The SMILES string of the molecule is Cc1ccc(S(=O)(=O)NCCC(=O)Nc2ccc(C)c(-n3cnnn3)c2)cc1C. The van der Waals surface area contributed by atoms with Gasteiger partial charge in [0.2, 0.25) is 15.9 Å². The van der Waals surface area contributed by atoms with Crippen molar-refractivity contribution in [2.75, 3.05) is 11.9 Å². The lowest BCUT2D eigenvalue weighted by Crippen LogP contribution is -2.28. The first-order valence-corrected chi connectivity index (χ1v) is 10.5. The van der Waals surface area contributed by atoms with Gasteiger partial charge in [-0.05, 0) is 72.2 Å². The number of anilines is 1. The van der Waals surface area contributed by atoms with Crippen LogP contribution in [0.1, 0.15) is 23.1 Å². The minimum atomic E-state index is -3.67. The second-order valence-electron chi connectivity index (χ2n) is 6.70. The maximum atomic E-state index is 12.4.